The van der Waals surface area contributed by atoms with Gasteiger partial charge in [-0.1, -0.05) is 42.5 Å². The van der Waals surface area contributed by atoms with E-state index in [4.69, 9.17) is 10.7 Å². The lowest BCUT2D eigenvalue weighted by molar-refractivity contribution is 0.609. The third-order valence-electron chi connectivity index (χ3n) is 2.50. The summed E-state index contributed by atoms with van der Waals surface area (Å²) in [7, 11) is 1.79. The van der Waals surface area contributed by atoms with Crippen LogP contribution in [0.15, 0.2) is 42.5 Å². The van der Waals surface area contributed by atoms with E-state index in [2.05, 4.69) is 0 Å². The van der Waals surface area contributed by atoms with Gasteiger partial charge in [0.15, 0.2) is 0 Å². The predicted molar refractivity (Wildman–Crippen MR) is 67.3 cm³/mol. The van der Waals surface area contributed by atoms with Gasteiger partial charge in [-0.25, -0.2) is 8.42 Å². The molecule has 2 aromatic carbocycles. The van der Waals surface area contributed by atoms with E-state index in [0.717, 1.165) is 16.3 Å². The van der Waals surface area contributed by atoms with Crippen LogP contribution >= 0.6 is 10.7 Å². The van der Waals surface area contributed by atoms with Crippen LogP contribution in [0.1, 0.15) is 5.56 Å². The Balaban J connectivity index is 2.38. The smallest absolute Gasteiger partial charge is 0.212 e. The van der Waals surface area contributed by atoms with Crippen LogP contribution in [-0.4, -0.2) is 14.2 Å². The van der Waals surface area contributed by atoms with Gasteiger partial charge in [0, 0.05) is 10.7 Å². The minimum atomic E-state index is -3.42. The Bertz CT molecular complexity index is 600. The SMILES string of the molecule is O=S(=O)(Cl)CCc1cccc2ccccc12. The first-order valence-corrected chi connectivity index (χ1v) is 7.43. The van der Waals surface area contributed by atoms with Crippen molar-refractivity contribution in [3.05, 3.63) is 48.0 Å². The van der Waals surface area contributed by atoms with Crippen molar-refractivity contribution >= 4 is 30.5 Å². The molecule has 0 fully saturated rings. The van der Waals surface area contributed by atoms with Crippen LogP contribution in [-0.2, 0) is 15.5 Å². The van der Waals surface area contributed by atoms with Crippen molar-refractivity contribution in [1.82, 2.24) is 0 Å². The Hall–Kier alpha value is -1.06. The number of rotatable bonds is 3. The normalized spacial score (nSPS) is 11.8. The second kappa shape index (κ2) is 4.44. The number of hydrogen-bond acceptors (Lipinski definition) is 2. The molecule has 2 nitrogen and oxygen atoms in total. The summed E-state index contributed by atoms with van der Waals surface area (Å²) < 4.78 is 21.8. The average Bonchev–Trinajstić information content (AvgIpc) is 2.25. The third-order valence-corrected chi connectivity index (χ3v) is 3.65. The largest absolute Gasteiger partial charge is 0.232 e. The molecule has 0 bridgehead atoms. The van der Waals surface area contributed by atoms with E-state index in [1.807, 2.05) is 42.5 Å². The quantitative estimate of drug-likeness (QED) is 0.790. The second-order valence-corrected chi connectivity index (χ2v) is 6.53. The van der Waals surface area contributed by atoms with Crippen molar-refractivity contribution < 1.29 is 8.42 Å². The highest BCUT2D eigenvalue weighted by atomic mass is 35.7. The molecule has 0 aliphatic heterocycles. The molecular weight excluding hydrogens is 244 g/mol. The summed E-state index contributed by atoms with van der Waals surface area (Å²) in [4.78, 5) is 0. The molecule has 0 aliphatic rings. The molecule has 2 rings (SSSR count). The number of fused-ring (bicyclic) bond motifs is 1. The first-order chi connectivity index (χ1) is 7.56. The number of benzene rings is 2. The fourth-order valence-electron chi connectivity index (χ4n) is 1.74. The molecule has 0 spiro atoms. The van der Waals surface area contributed by atoms with Gasteiger partial charge >= 0.3 is 0 Å². The van der Waals surface area contributed by atoms with Gasteiger partial charge in [-0.05, 0) is 22.8 Å². The van der Waals surface area contributed by atoms with Gasteiger partial charge in [0.1, 0.15) is 0 Å². The van der Waals surface area contributed by atoms with Crippen LogP contribution in [0.25, 0.3) is 10.8 Å². The van der Waals surface area contributed by atoms with Crippen LogP contribution in [0.4, 0.5) is 0 Å². The molecule has 0 aromatic heterocycles. The summed E-state index contributed by atoms with van der Waals surface area (Å²) in [6.07, 6.45) is 0.452. The van der Waals surface area contributed by atoms with E-state index >= 15 is 0 Å². The highest BCUT2D eigenvalue weighted by Crippen LogP contribution is 2.19. The summed E-state index contributed by atoms with van der Waals surface area (Å²) in [6.45, 7) is 0. The molecule has 0 saturated carbocycles. The van der Waals surface area contributed by atoms with Crippen LogP contribution in [0.5, 0.6) is 0 Å². The number of aryl methyl sites for hydroxylation is 1. The standard InChI is InChI=1S/C12H11ClO2S/c13-16(14,15)9-8-11-6-3-5-10-4-1-2-7-12(10)11/h1-7H,8-9H2. The van der Waals surface area contributed by atoms with E-state index in [1.54, 1.807) is 0 Å². The van der Waals surface area contributed by atoms with Crippen molar-refractivity contribution in [1.29, 1.82) is 0 Å². The van der Waals surface area contributed by atoms with Gasteiger partial charge in [-0.3, -0.25) is 0 Å². The molecule has 0 unspecified atom stereocenters. The van der Waals surface area contributed by atoms with Gasteiger partial charge in [0.05, 0.1) is 5.75 Å². The lowest BCUT2D eigenvalue weighted by Crippen LogP contribution is -2.01. The van der Waals surface area contributed by atoms with Crippen LogP contribution in [0, 0.1) is 0 Å². The minimum Gasteiger partial charge on any atom is -0.212 e. The predicted octanol–water partition coefficient (Wildman–Crippen LogP) is 2.95. The third kappa shape index (κ3) is 2.74. The summed E-state index contributed by atoms with van der Waals surface area (Å²) in [5.74, 6) is -0.0252. The molecular formula is C12H11ClO2S. The highest BCUT2D eigenvalue weighted by molar-refractivity contribution is 8.13. The molecule has 4 heteroatoms. The van der Waals surface area contributed by atoms with Gasteiger partial charge in [0.25, 0.3) is 0 Å². The van der Waals surface area contributed by atoms with Gasteiger partial charge in [0.2, 0.25) is 9.05 Å². The maximum absolute atomic E-state index is 10.9. The first-order valence-electron chi connectivity index (χ1n) is 4.95. The summed E-state index contributed by atoms with van der Waals surface area (Å²) in [6, 6.07) is 13.8. The van der Waals surface area contributed by atoms with Crippen LogP contribution in [0.2, 0.25) is 0 Å². The molecule has 0 amide bonds. The highest BCUT2D eigenvalue weighted by Gasteiger charge is 2.07. The van der Waals surface area contributed by atoms with Crippen LogP contribution < -0.4 is 0 Å². The second-order valence-electron chi connectivity index (χ2n) is 3.63. The lowest BCUT2D eigenvalue weighted by atomic mass is 10.0. The molecule has 84 valence electrons. The maximum atomic E-state index is 10.9. The minimum absolute atomic E-state index is 0.0252. The monoisotopic (exact) mass is 254 g/mol. The Labute approximate surface area is 99.3 Å². The summed E-state index contributed by atoms with van der Waals surface area (Å²) >= 11 is 0. The van der Waals surface area contributed by atoms with E-state index in [1.165, 1.54) is 0 Å². The molecule has 16 heavy (non-hydrogen) atoms. The zero-order valence-corrected chi connectivity index (χ0v) is 10.1. The molecule has 0 saturated heterocycles. The van der Waals surface area contributed by atoms with Crippen molar-refractivity contribution in [2.75, 3.05) is 5.75 Å². The van der Waals surface area contributed by atoms with E-state index in [-0.39, 0.29) is 5.75 Å². The average molecular weight is 255 g/mol. The summed E-state index contributed by atoms with van der Waals surface area (Å²) in [5.41, 5.74) is 1.02. The zero-order chi connectivity index (χ0) is 11.6. The summed E-state index contributed by atoms with van der Waals surface area (Å²) in [5, 5.41) is 2.21. The van der Waals surface area contributed by atoms with Gasteiger partial charge in [-0.2, -0.15) is 0 Å². The van der Waals surface area contributed by atoms with E-state index in [9.17, 15) is 8.42 Å². The van der Waals surface area contributed by atoms with Crippen LogP contribution in [0.3, 0.4) is 0 Å². The Morgan fingerprint density at radius 2 is 1.69 bits per heavy atom. The first kappa shape index (κ1) is 11.4. The Morgan fingerprint density at radius 3 is 2.44 bits per heavy atom. The van der Waals surface area contributed by atoms with Gasteiger partial charge in [-0.15, -0.1) is 0 Å². The van der Waals surface area contributed by atoms with E-state index < -0.39 is 9.05 Å². The van der Waals surface area contributed by atoms with Gasteiger partial charge < -0.3 is 0 Å². The Kier molecular flexibility index (Phi) is 3.17. The molecule has 0 N–H and O–H groups in total. The Morgan fingerprint density at radius 1 is 1.00 bits per heavy atom. The molecule has 2 aromatic rings. The van der Waals surface area contributed by atoms with E-state index in [0.29, 0.717) is 6.42 Å². The molecule has 0 aliphatic carbocycles. The topological polar surface area (TPSA) is 34.1 Å². The van der Waals surface area contributed by atoms with Crippen molar-refractivity contribution in [2.24, 2.45) is 0 Å². The van der Waals surface area contributed by atoms with Crippen molar-refractivity contribution in [2.45, 2.75) is 6.42 Å². The number of hydrogen-bond donors (Lipinski definition) is 0. The fraction of sp³-hybridized carbons (Fsp3) is 0.167. The van der Waals surface area contributed by atoms with Crippen molar-refractivity contribution in [3.63, 3.8) is 0 Å². The molecule has 0 atom stereocenters. The number of halogens is 1. The zero-order valence-electron chi connectivity index (χ0n) is 8.56. The van der Waals surface area contributed by atoms with Crippen molar-refractivity contribution in [3.8, 4) is 0 Å². The fourth-order valence-corrected chi connectivity index (χ4v) is 2.44. The molecule has 0 heterocycles. The molecule has 0 radical (unpaired) electrons. The lowest BCUT2D eigenvalue weighted by Gasteiger charge is -2.04. The maximum Gasteiger partial charge on any atom is 0.232 e.